The molecule has 1 fully saturated rings. The summed E-state index contributed by atoms with van der Waals surface area (Å²) in [6.45, 7) is 2.93. The van der Waals surface area contributed by atoms with Crippen molar-refractivity contribution < 1.29 is 5.11 Å². The second-order valence-corrected chi connectivity index (χ2v) is 3.65. The molecule has 0 aliphatic heterocycles. The minimum Gasteiger partial charge on any atom is -0.269 e. The van der Waals surface area contributed by atoms with E-state index in [0.29, 0.717) is 0 Å². The number of nitrogens with zero attached hydrogens (tertiary/aromatic N) is 2. The Morgan fingerprint density at radius 3 is 3.08 bits per heavy atom. The molecule has 0 amide bonds. The van der Waals surface area contributed by atoms with Crippen molar-refractivity contribution >= 4 is 0 Å². The summed E-state index contributed by atoms with van der Waals surface area (Å²) in [6.07, 6.45) is 4.35. The van der Waals surface area contributed by atoms with E-state index in [4.69, 9.17) is 0 Å². The molecule has 1 heterocycles. The fourth-order valence-corrected chi connectivity index (χ4v) is 2.19. The fraction of sp³-hybridized carbons (Fsp3) is 0.700. The average Bonchev–Trinajstić information content (AvgIpc) is 2.71. The van der Waals surface area contributed by atoms with Crippen molar-refractivity contribution in [2.24, 2.45) is 0 Å². The Labute approximate surface area is 78.4 Å². The second kappa shape index (κ2) is 3.50. The molecule has 0 saturated heterocycles. The Morgan fingerprint density at radius 2 is 2.46 bits per heavy atom. The molecule has 71 valence electrons. The number of aromatic nitrogens is 2. The van der Waals surface area contributed by atoms with Crippen LogP contribution in [0.15, 0.2) is 12.3 Å². The smallest absolute Gasteiger partial charge is 0.101 e. The summed E-state index contributed by atoms with van der Waals surface area (Å²) >= 11 is 0. The van der Waals surface area contributed by atoms with Gasteiger partial charge in [-0.05, 0) is 32.3 Å². The molecule has 1 aliphatic carbocycles. The minimum atomic E-state index is -0.401. The number of aryl methyl sites for hydroxylation is 1. The first-order chi connectivity index (χ1) is 6.33. The van der Waals surface area contributed by atoms with Crippen molar-refractivity contribution in [3.05, 3.63) is 18.0 Å². The lowest BCUT2D eigenvalue weighted by atomic mass is 10.0. The summed E-state index contributed by atoms with van der Waals surface area (Å²) in [5.74, 6) is 0.211. The quantitative estimate of drug-likeness (QED) is 0.684. The van der Waals surface area contributed by atoms with Gasteiger partial charge in [0.15, 0.2) is 0 Å². The summed E-state index contributed by atoms with van der Waals surface area (Å²) in [7, 11) is 0. The van der Waals surface area contributed by atoms with Gasteiger partial charge in [0.05, 0.1) is 0 Å². The van der Waals surface area contributed by atoms with Crippen molar-refractivity contribution in [3.63, 3.8) is 0 Å². The Hall–Kier alpha value is -0.830. The highest BCUT2D eigenvalue weighted by Gasteiger charge is 2.30. The van der Waals surface area contributed by atoms with E-state index in [2.05, 4.69) is 12.0 Å². The van der Waals surface area contributed by atoms with Gasteiger partial charge in [-0.25, -0.2) is 5.11 Å². The molecule has 1 aliphatic rings. The molecule has 2 rings (SSSR count). The van der Waals surface area contributed by atoms with E-state index in [0.717, 1.165) is 31.5 Å². The van der Waals surface area contributed by atoms with Crippen LogP contribution in [0.3, 0.4) is 0 Å². The molecule has 1 saturated carbocycles. The summed E-state index contributed by atoms with van der Waals surface area (Å²) in [5, 5.41) is 15.8. The van der Waals surface area contributed by atoms with E-state index in [1.165, 1.54) is 0 Å². The van der Waals surface area contributed by atoms with E-state index < -0.39 is 6.10 Å². The van der Waals surface area contributed by atoms with Crippen LogP contribution < -0.4 is 0 Å². The van der Waals surface area contributed by atoms with Crippen molar-refractivity contribution in [2.45, 2.75) is 44.8 Å². The highest BCUT2D eigenvalue weighted by Crippen LogP contribution is 2.34. The lowest BCUT2D eigenvalue weighted by Gasteiger charge is -2.13. The summed E-state index contributed by atoms with van der Waals surface area (Å²) < 4.78 is 1.95. The molecule has 0 bridgehead atoms. The largest absolute Gasteiger partial charge is 0.269 e. The molecule has 0 unspecified atom stereocenters. The van der Waals surface area contributed by atoms with Crippen LogP contribution in [0.2, 0.25) is 0 Å². The summed E-state index contributed by atoms with van der Waals surface area (Å²) in [5.41, 5.74) is 1.14. The SMILES string of the molecule is CCn1nccc1[C@H]1CCC[C@@H]1[O]. The molecule has 1 aromatic rings. The van der Waals surface area contributed by atoms with Gasteiger partial charge in [0.2, 0.25) is 0 Å². The molecule has 0 spiro atoms. The molecule has 13 heavy (non-hydrogen) atoms. The predicted molar refractivity (Wildman–Crippen MR) is 49.0 cm³/mol. The van der Waals surface area contributed by atoms with Crippen LogP contribution in [0, 0.1) is 0 Å². The van der Waals surface area contributed by atoms with Crippen molar-refractivity contribution in [2.75, 3.05) is 0 Å². The van der Waals surface area contributed by atoms with Gasteiger partial charge in [0, 0.05) is 24.4 Å². The third kappa shape index (κ3) is 1.48. The predicted octanol–water partition coefficient (Wildman–Crippen LogP) is 1.97. The van der Waals surface area contributed by atoms with Crippen LogP contribution in [0.4, 0.5) is 0 Å². The Kier molecular flexibility index (Phi) is 2.36. The third-order valence-corrected chi connectivity index (χ3v) is 2.88. The minimum absolute atomic E-state index is 0.211. The zero-order valence-corrected chi connectivity index (χ0v) is 7.94. The first kappa shape index (κ1) is 8.75. The maximum atomic E-state index is 11.6. The third-order valence-electron chi connectivity index (χ3n) is 2.88. The molecular formula is C10H15N2O. The van der Waals surface area contributed by atoms with Gasteiger partial charge >= 0.3 is 0 Å². The molecular weight excluding hydrogens is 164 g/mol. The molecule has 2 atom stereocenters. The fourth-order valence-electron chi connectivity index (χ4n) is 2.19. The van der Waals surface area contributed by atoms with E-state index in [-0.39, 0.29) is 5.92 Å². The highest BCUT2D eigenvalue weighted by molar-refractivity contribution is 5.11. The van der Waals surface area contributed by atoms with Gasteiger partial charge in [0.25, 0.3) is 0 Å². The Balaban J connectivity index is 2.23. The van der Waals surface area contributed by atoms with E-state index in [1.807, 2.05) is 10.7 Å². The van der Waals surface area contributed by atoms with Crippen molar-refractivity contribution in [3.8, 4) is 0 Å². The zero-order valence-electron chi connectivity index (χ0n) is 7.94. The molecule has 1 aromatic heterocycles. The molecule has 3 heteroatoms. The highest BCUT2D eigenvalue weighted by atomic mass is 16.3. The maximum absolute atomic E-state index is 11.6. The monoisotopic (exact) mass is 179 g/mol. The first-order valence-corrected chi connectivity index (χ1v) is 5.00. The van der Waals surface area contributed by atoms with E-state index >= 15 is 0 Å². The van der Waals surface area contributed by atoms with Gasteiger partial charge in [-0.15, -0.1) is 0 Å². The van der Waals surface area contributed by atoms with Crippen LogP contribution in [0.5, 0.6) is 0 Å². The van der Waals surface area contributed by atoms with Crippen LogP contribution in [-0.4, -0.2) is 15.9 Å². The topological polar surface area (TPSA) is 37.7 Å². The maximum Gasteiger partial charge on any atom is 0.101 e. The Bertz CT molecular complexity index is 282. The van der Waals surface area contributed by atoms with Crippen molar-refractivity contribution in [1.29, 1.82) is 0 Å². The molecule has 0 N–H and O–H groups in total. The zero-order chi connectivity index (χ0) is 9.26. The summed E-state index contributed by atoms with van der Waals surface area (Å²) in [6, 6.07) is 1.99. The molecule has 0 aromatic carbocycles. The van der Waals surface area contributed by atoms with Crippen LogP contribution in [-0.2, 0) is 11.7 Å². The van der Waals surface area contributed by atoms with Crippen LogP contribution in [0.1, 0.15) is 37.8 Å². The molecule has 3 nitrogen and oxygen atoms in total. The van der Waals surface area contributed by atoms with E-state index in [9.17, 15) is 5.11 Å². The number of rotatable bonds is 2. The number of hydrogen-bond acceptors (Lipinski definition) is 1. The lowest BCUT2D eigenvalue weighted by Crippen LogP contribution is -2.14. The van der Waals surface area contributed by atoms with Crippen LogP contribution >= 0.6 is 0 Å². The first-order valence-electron chi connectivity index (χ1n) is 5.00. The van der Waals surface area contributed by atoms with Gasteiger partial charge in [0.1, 0.15) is 6.10 Å². The second-order valence-electron chi connectivity index (χ2n) is 3.65. The normalized spacial score (nSPS) is 28.2. The van der Waals surface area contributed by atoms with Gasteiger partial charge < -0.3 is 0 Å². The van der Waals surface area contributed by atoms with E-state index in [1.54, 1.807) is 6.20 Å². The van der Waals surface area contributed by atoms with Crippen LogP contribution in [0.25, 0.3) is 0 Å². The Morgan fingerprint density at radius 1 is 1.62 bits per heavy atom. The van der Waals surface area contributed by atoms with Gasteiger partial charge in [-0.2, -0.15) is 5.10 Å². The average molecular weight is 179 g/mol. The molecule has 1 radical (unpaired) electrons. The standard InChI is InChI=1S/C10H15N2O/c1-2-12-9(6-7-11-12)8-4-3-5-10(8)13/h6-8,10H,2-5H2,1H3/t8-,10+/m1/s1. The van der Waals surface area contributed by atoms with Gasteiger partial charge in [-0.3, -0.25) is 4.68 Å². The van der Waals surface area contributed by atoms with Crippen molar-refractivity contribution in [1.82, 2.24) is 9.78 Å². The lowest BCUT2D eigenvalue weighted by molar-refractivity contribution is 0.0781. The summed E-state index contributed by atoms with van der Waals surface area (Å²) in [4.78, 5) is 0. The number of hydrogen-bond donors (Lipinski definition) is 0. The van der Waals surface area contributed by atoms with Gasteiger partial charge in [-0.1, -0.05) is 0 Å².